The summed E-state index contributed by atoms with van der Waals surface area (Å²) in [5, 5.41) is 8.94. The van der Waals surface area contributed by atoms with Crippen molar-refractivity contribution in [2.24, 2.45) is 0 Å². The fourth-order valence-corrected chi connectivity index (χ4v) is 2.66. The molecule has 0 spiro atoms. The molecule has 1 aliphatic rings. The van der Waals surface area contributed by atoms with E-state index in [9.17, 15) is 9.18 Å². The molecule has 110 valence electrons. The largest absolute Gasteiger partial charge is 0.465 e. The highest BCUT2D eigenvalue weighted by molar-refractivity contribution is 5.65. The van der Waals surface area contributed by atoms with Gasteiger partial charge in [-0.25, -0.2) is 14.2 Å². The smallest absolute Gasteiger partial charge is 0.407 e. The van der Waals surface area contributed by atoms with Crippen molar-refractivity contribution in [2.45, 2.75) is 18.8 Å². The van der Waals surface area contributed by atoms with Crippen LogP contribution in [-0.4, -0.2) is 39.2 Å². The number of imidazole rings is 1. The minimum atomic E-state index is -0.861. The van der Waals surface area contributed by atoms with E-state index >= 15 is 0 Å². The van der Waals surface area contributed by atoms with Gasteiger partial charge < -0.3 is 15.0 Å². The lowest BCUT2D eigenvalue weighted by Gasteiger charge is -2.28. The number of halogens is 1. The van der Waals surface area contributed by atoms with Crippen molar-refractivity contribution in [3.05, 3.63) is 42.1 Å². The van der Waals surface area contributed by atoms with Gasteiger partial charge in [0.25, 0.3) is 0 Å². The second-order valence-electron chi connectivity index (χ2n) is 5.23. The molecule has 1 saturated heterocycles. The summed E-state index contributed by atoms with van der Waals surface area (Å²) in [4.78, 5) is 20.0. The Kier molecular flexibility index (Phi) is 3.60. The zero-order valence-electron chi connectivity index (χ0n) is 11.4. The number of H-pyrrole nitrogens is 1. The zero-order chi connectivity index (χ0) is 14.8. The molecule has 1 aliphatic heterocycles. The Balaban J connectivity index is 1.71. The van der Waals surface area contributed by atoms with Crippen molar-refractivity contribution in [1.82, 2.24) is 14.9 Å². The SMILES string of the molecule is O=C(O)N1CCC(c2ncc(-c3ccc(F)cc3)[nH]2)CC1. The van der Waals surface area contributed by atoms with Crippen molar-refractivity contribution in [1.29, 1.82) is 0 Å². The molecule has 0 aliphatic carbocycles. The molecule has 0 unspecified atom stereocenters. The molecular formula is C15H16FN3O2. The average Bonchev–Trinajstić information content (AvgIpc) is 2.98. The molecule has 2 aromatic rings. The van der Waals surface area contributed by atoms with Crippen LogP contribution in [0, 0.1) is 5.82 Å². The highest BCUT2D eigenvalue weighted by atomic mass is 19.1. The number of nitrogens with zero attached hydrogens (tertiary/aromatic N) is 2. The van der Waals surface area contributed by atoms with Crippen LogP contribution in [0.3, 0.4) is 0 Å². The van der Waals surface area contributed by atoms with Crippen LogP contribution in [0.1, 0.15) is 24.6 Å². The number of carbonyl (C=O) groups is 1. The van der Waals surface area contributed by atoms with Crippen molar-refractivity contribution in [2.75, 3.05) is 13.1 Å². The number of nitrogens with one attached hydrogen (secondary N) is 1. The maximum atomic E-state index is 12.9. The Morgan fingerprint density at radius 3 is 2.57 bits per heavy atom. The number of piperidine rings is 1. The van der Waals surface area contributed by atoms with Gasteiger partial charge in [-0.05, 0) is 42.7 Å². The van der Waals surface area contributed by atoms with Crippen molar-refractivity contribution in [3.8, 4) is 11.3 Å². The van der Waals surface area contributed by atoms with Gasteiger partial charge >= 0.3 is 6.09 Å². The van der Waals surface area contributed by atoms with Crippen molar-refractivity contribution >= 4 is 6.09 Å². The van der Waals surface area contributed by atoms with Crippen LogP contribution in [0.2, 0.25) is 0 Å². The molecule has 0 bridgehead atoms. The van der Waals surface area contributed by atoms with Gasteiger partial charge in [0, 0.05) is 19.0 Å². The lowest BCUT2D eigenvalue weighted by atomic mass is 9.96. The molecule has 2 N–H and O–H groups in total. The predicted molar refractivity (Wildman–Crippen MR) is 75.6 cm³/mol. The fraction of sp³-hybridized carbons (Fsp3) is 0.333. The van der Waals surface area contributed by atoms with Gasteiger partial charge in [-0.3, -0.25) is 0 Å². The van der Waals surface area contributed by atoms with Gasteiger partial charge in [-0.15, -0.1) is 0 Å². The van der Waals surface area contributed by atoms with Gasteiger partial charge in [-0.2, -0.15) is 0 Å². The van der Waals surface area contributed by atoms with Crippen LogP contribution in [0.4, 0.5) is 9.18 Å². The van der Waals surface area contributed by atoms with Crippen molar-refractivity contribution in [3.63, 3.8) is 0 Å². The Hall–Kier alpha value is -2.37. The third-order valence-electron chi connectivity index (χ3n) is 3.90. The molecule has 1 fully saturated rings. The molecule has 21 heavy (non-hydrogen) atoms. The quantitative estimate of drug-likeness (QED) is 0.892. The standard InChI is InChI=1S/C15H16FN3O2/c16-12-3-1-10(2-4-12)13-9-17-14(18-13)11-5-7-19(8-6-11)15(20)21/h1-4,9,11H,5-8H2,(H,17,18)(H,20,21). The Morgan fingerprint density at radius 2 is 1.95 bits per heavy atom. The minimum absolute atomic E-state index is 0.245. The maximum Gasteiger partial charge on any atom is 0.407 e. The molecule has 5 nitrogen and oxygen atoms in total. The monoisotopic (exact) mass is 289 g/mol. The van der Waals surface area contributed by atoms with E-state index in [2.05, 4.69) is 9.97 Å². The summed E-state index contributed by atoms with van der Waals surface area (Å²) in [6.45, 7) is 1.07. The van der Waals surface area contributed by atoms with Crippen LogP contribution >= 0.6 is 0 Å². The third kappa shape index (κ3) is 2.89. The van der Waals surface area contributed by atoms with E-state index in [0.29, 0.717) is 13.1 Å². The van der Waals surface area contributed by atoms with E-state index in [4.69, 9.17) is 5.11 Å². The summed E-state index contributed by atoms with van der Waals surface area (Å²) in [7, 11) is 0. The van der Waals surface area contributed by atoms with Gasteiger partial charge in [-0.1, -0.05) is 0 Å². The first kappa shape index (κ1) is 13.6. The van der Waals surface area contributed by atoms with E-state index in [0.717, 1.165) is 29.9 Å². The van der Waals surface area contributed by atoms with Crippen LogP contribution in [0.25, 0.3) is 11.3 Å². The molecule has 0 saturated carbocycles. The first-order valence-electron chi connectivity index (χ1n) is 6.92. The maximum absolute atomic E-state index is 12.9. The summed E-state index contributed by atoms with van der Waals surface area (Å²) < 4.78 is 12.9. The second kappa shape index (κ2) is 5.55. The summed E-state index contributed by atoms with van der Waals surface area (Å²) in [6, 6.07) is 6.25. The van der Waals surface area contributed by atoms with Gasteiger partial charge in [0.1, 0.15) is 11.6 Å². The lowest BCUT2D eigenvalue weighted by molar-refractivity contribution is 0.131. The summed E-state index contributed by atoms with van der Waals surface area (Å²) >= 11 is 0. The number of hydrogen-bond donors (Lipinski definition) is 2. The van der Waals surface area contributed by atoms with E-state index in [1.54, 1.807) is 18.3 Å². The van der Waals surface area contributed by atoms with Gasteiger partial charge in [0.15, 0.2) is 0 Å². The Labute approximate surface area is 121 Å². The Bertz CT molecular complexity index is 631. The zero-order valence-corrected chi connectivity index (χ0v) is 11.4. The molecule has 6 heteroatoms. The molecule has 1 aromatic heterocycles. The second-order valence-corrected chi connectivity index (χ2v) is 5.23. The van der Waals surface area contributed by atoms with E-state index < -0.39 is 6.09 Å². The Morgan fingerprint density at radius 1 is 1.29 bits per heavy atom. The van der Waals surface area contributed by atoms with Gasteiger partial charge in [0.2, 0.25) is 0 Å². The van der Waals surface area contributed by atoms with Crippen LogP contribution in [-0.2, 0) is 0 Å². The molecule has 1 aromatic carbocycles. The number of amides is 1. The number of carboxylic acid groups (broad SMARTS) is 1. The van der Waals surface area contributed by atoms with Crippen LogP contribution < -0.4 is 0 Å². The van der Waals surface area contributed by atoms with Gasteiger partial charge in [0.05, 0.1) is 11.9 Å². The summed E-state index contributed by atoms with van der Waals surface area (Å²) in [6.07, 6.45) is 2.41. The first-order valence-corrected chi connectivity index (χ1v) is 6.92. The summed E-state index contributed by atoms with van der Waals surface area (Å²) in [5.74, 6) is 0.855. The fourth-order valence-electron chi connectivity index (χ4n) is 2.66. The number of aromatic amines is 1. The molecule has 3 rings (SSSR count). The van der Waals surface area contributed by atoms with E-state index in [1.807, 2.05) is 0 Å². The van der Waals surface area contributed by atoms with Crippen LogP contribution in [0.5, 0.6) is 0 Å². The minimum Gasteiger partial charge on any atom is -0.465 e. The normalized spacial score (nSPS) is 16.1. The van der Waals surface area contributed by atoms with E-state index in [-0.39, 0.29) is 11.7 Å². The third-order valence-corrected chi connectivity index (χ3v) is 3.90. The number of rotatable bonds is 2. The lowest BCUT2D eigenvalue weighted by Crippen LogP contribution is -2.37. The molecular weight excluding hydrogens is 273 g/mol. The molecule has 1 amide bonds. The summed E-state index contributed by atoms with van der Waals surface area (Å²) in [5.41, 5.74) is 1.74. The highest BCUT2D eigenvalue weighted by Crippen LogP contribution is 2.28. The topological polar surface area (TPSA) is 69.2 Å². The number of benzene rings is 1. The van der Waals surface area contributed by atoms with Crippen molar-refractivity contribution < 1.29 is 14.3 Å². The predicted octanol–water partition coefficient (Wildman–Crippen LogP) is 3.07. The van der Waals surface area contributed by atoms with Crippen LogP contribution in [0.15, 0.2) is 30.5 Å². The average molecular weight is 289 g/mol. The molecule has 0 radical (unpaired) electrons. The number of hydrogen-bond acceptors (Lipinski definition) is 2. The number of aromatic nitrogens is 2. The number of likely N-dealkylation sites (tertiary alicyclic amines) is 1. The molecule has 2 heterocycles. The first-order chi connectivity index (χ1) is 10.1. The highest BCUT2D eigenvalue weighted by Gasteiger charge is 2.25. The molecule has 0 atom stereocenters. The van der Waals surface area contributed by atoms with E-state index in [1.165, 1.54) is 17.0 Å².